The molecule has 136 valence electrons. The molecule has 2 heterocycles. The van der Waals surface area contributed by atoms with Gasteiger partial charge in [0.15, 0.2) is 16.8 Å². The number of aryl methyl sites for hydroxylation is 3. The zero-order valence-corrected chi connectivity index (χ0v) is 15.9. The van der Waals surface area contributed by atoms with E-state index in [1.54, 1.807) is 17.5 Å². The molecule has 2 aromatic heterocycles. The van der Waals surface area contributed by atoms with Crippen LogP contribution in [-0.4, -0.2) is 15.9 Å². The number of oxazole rings is 1. The summed E-state index contributed by atoms with van der Waals surface area (Å²) in [7, 11) is 0. The summed E-state index contributed by atoms with van der Waals surface area (Å²) in [5.41, 5.74) is 2.09. The molecule has 0 aliphatic carbocycles. The van der Waals surface area contributed by atoms with Crippen molar-refractivity contribution in [3.8, 4) is 11.3 Å². The van der Waals surface area contributed by atoms with Crippen LogP contribution in [-0.2, 0) is 24.1 Å². The van der Waals surface area contributed by atoms with Crippen LogP contribution >= 0.6 is 11.3 Å². The topological polar surface area (TPSA) is 68.0 Å². The Morgan fingerprint density at radius 3 is 2.73 bits per heavy atom. The van der Waals surface area contributed by atoms with E-state index in [-0.39, 0.29) is 5.91 Å². The van der Waals surface area contributed by atoms with E-state index in [1.165, 1.54) is 4.88 Å². The van der Waals surface area contributed by atoms with Gasteiger partial charge in [-0.2, -0.15) is 0 Å². The molecule has 0 saturated carbocycles. The van der Waals surface area contributed by atoms with Crippen molar-refractivity contribution in [1.82, 2.24) is 9.97 Å². The van der Waals surface area contributed by atoms with E-state index in [0.717, 1.165) is 36.3 Å². The molecule has 1 amide bonds. The third kappa shape index (κ3) is 4.58. The van der Waals surface area contributed by atoms with Crippen molar-refractivity contribution >= 4 is 22.4 Å². The van der Waals surface area contributed by atoms with Crippen LogP contribution < -0.4 is 5.32 Å². The SMILES string of the molecule is CCCc1nc(NC(=O)CCc2ncc(-c3ccccc3)o2)sc1CC. The number of nitrogens with zero attached hydrogens (tertiary/aromatic N) is 2. The quantitative estimate of drug-likeness (QED) is 0.614. The highest BCUT2D eigenvalue weighted by Crippen LogP contribution is 2.25. The Morgan fingerprint density at radius 1 is 1.19 bits per heavy atom. The first kappa shape index (κ1) is 18.3. The molecule has 1 N–H and O–H groups in total. The van der Waals surface area contributed by atoms with Gasteiger partial charge in [-0.1, -0.05) is 50.6 Å². The predicted molar refractivity (Wildman–Crippen MR) is 104 cm³/mol. The average Bonchev–Trinajstić information content (AvgIpc) is 3.28. The average molecular weight is 369 g/mol. The minimum absolute atomic E-state index is 0.0658. The van der Waals surface area contributed by atoms with Gasteiger partial charge in [0, 0.05) is 23.3 Å². The Bertz CT molecular complexity index is 855. The van der Waals surface area contributed by atoms with Gasteiger partial charge in [0.1, 0.15) is 0 Å². The molecule has 0 saturated heterocycles. The number of hydrogen-bond donors (Lipinski definition) is 1. The highest BCUT2D eigenvalue weighted by atomic mass is 32.1. The number of thiazole rings is 1. The molecule has 0 spiro atoms. The van der Waals surface area contributed by atoms with Gasteiger partial charge in [-0.15, -0.1) is 11.3 Å². The Kier molecular flexibility index (Phi) is 6.17. The van der Waals surface area contributed by atoms with E-state index in [4.69, 9.17) is 4.42 Å². The second-order valence-electron chi connectivity index (χ2n) is 6.02. The zero-order chi connectivity index (χ0) is 18.4. The second-order valence-corrected chi connectivity index (χ2v) is 7.11. The van der Waals surface area contributed by atoms with Crippen LogP contribution in [0.1, 0.15) is 43.2 Å². The van der Waals surface area contributed by atoms with Crippen LogP contribution in [0.2, 0.25) is 0 Å². The van der Waals surface area contributed by atoms with Crippen molar-refractivity contribution in [1.29, 1.82) is 0 Å². The lowest BCUT2D eigenvalue weighted by atomic mass is 10.2. The van der Waals surface area contributed by atoms with Gasteiger partial charge in [-0.25, -0.2) is 9.97 Å². The molecule has 0 atom stereocenters. The van der Waals surface area contributed by atoms with Crippen LogP contribution in [0.15, 0.2) is 40.9 Å². The van der Waals surface area contributed by atoms with Gasteiger partial charge in [-0.3, -0.25) is 4.79 Å². The van der Waals surface area contributed by atoms with Crippen molar-refractivity contribution < 1.29 is 9.21 Å². The molecular weight excluding hydrogens is 346 g/mol. The van der Waals surface area contributed by atoms with Crippen molar-refractivity contribution in [2.45, 2.75) is 46.0 Å². The minimum Gasteiger partial charge on any atom is -0.441 e. The van der Waals surface area contributed by atoms with Crippen molar-refractivity contribution in [2.24, 2.45) is 0 Å². The smallest absolute Gasteiger partial charge is 0.226 e. The minimum atomic E-state index is -0.0658. The Morgan fingerprint density at radius 2 is 2.00 bits per heavy atom. The van der Waals surface area contributed by atoms with E-state index in [2.05, 4.69) is 29.1 Å². The summed E-state index contributed by atoms with van der Waals surface area (Å²) in [5, 5.41) is 3.59. The second kappa shape index (κ2) is 8.76. The predicted octanol–water partition coefficient (Wildman–Crippen LogP) is 4.88. The van der Waals surface area contributed by atoms with E-state index in [9.17, 15) is 4.79 Å². The number of carbonyl (C=O) groups is 1. The number of hydrogen-bond acceptors (Lipinski definition) is 5. The fraction of sp³-hybridized carbons (Fsp3) is 0.350. The standard InChI is InChI=1S/C20H23N3O2S/c1-3-8-15-17(4-2)26-20(22-15)23-18(24)11-12-19-21-13-16(25-19)14-9-6-5-7-10-14/h5-7,9-10,13H,3-4,8,11-12H2,1-2H3,(H,22,23,24). The van der Waals surface area contributed by atoms with Gasteiger partial charge >= 0.3 is 0 Å². The van der Waals surface area contributed by atoms with E-state index in [0.29, 0.717) is 23.9 Å². The molecular formula is C20H23N3O2S. The molecule has 0 unspecified atom stereocenters. The van der Waals surface area contributed by atoms with Crippen LogP contribution in [0.3, 0.4) is 0 Å². The summed E-state index contributed by atoms with van der Waals surface area (Å²) in [6.07, 6.45) is 5.44. The van der Waals surface area contributed by atoms with Crippen molar-refractivity contribution in [2.75, 3.05) is 5.32 Å². The molecule has 1 aromatic carbocycles. The third-order valence-electron chi connectivity index (χ3n) is 4.01. The number of nitrogens with one attached hydrogen (secondary N) is 1. The van der Waals surface area contributed by atoms with Gasteiger partial charge in [0.2, 0.25) is 5.91 Å². The van der Waals surface area contributed by atoms with Crippen molar-refractivity contribution in [3.05, 3.63) is 53.0 Å². The summed E-state index contributed by atoms with van der Waals surface area (Å²) >= 11 is 1.57. The lowest BCUT2D eigenvalue weighted by Crippen LogP contribution is -2.12. The van der Waals surface area contributed by atoms with E-state index >= 15 is 0 Å². The van der Waals surface area contributed by atoms with Crippen LogP contribution in [0.25, 0.3) is 11.3 Å². The highest BCUT2D eigenvalue weighted by Gasteiger charge is 2.13. The summed E-state index contributed by atoms with van der Waals surface area (Å²) in [4.78, 5) is 22.3. The molecule has 0 aliphatic heterocycles. The van der Waals surface area contributed by atoms with Crippen LogP contribution in [0.4, 0.5) is 5.13 Å². The molecule has 3 aromatic rings. The molecule has 0 radical (unpaired) electrons. The largest absolute Gasteiger partial charge is 0.441 e. The summed E-state index contributed by atoms with van der Waals surface area (Å²) in [6.45, 7) is 4.25. The number of rotatable bonds is 8. The molecule has 0 bridgehead atoms. The first-order chi connectivity index (χ1) is 12.7. The molecule has 0 aliphatic rings. The molecule has 6 heteroatoms. The molecule has 0 fully saturated rings. The lowest BCUT2D eigenvalue weighted by Gasteiger charge is -2.00. The van der Waals surface area contributed by atoms with Gasteiger partial charge in [-0.05, 0) is 12.8 Å². The fourth-order valence-corrected chi connectivity index (χ4v) is 3.67. The Hall–Kier alpha value is -2.47. The summed E-state index contributed by atoms with van der Waals surface area (Å²) < 4.78 is 5.74. The maximum atomic E-state index is 12.2. The monoisotopic (exact) mass is 369 g/mol. The first-order valence-corrected chi connectivity index (χ1v) is 9.79. The van der Waals surface area contributed by atoms with Crippen molar-refractivity contribution in [3.63, 3.8) is 0 Å². The van der Waals surface area contributed by atoms with Gasteiger partial charge in [0.05, 0.1) is 11.9 Å². The van der Waals surface area contributed by atoms with Crippen LogP contribution in [0, 0.1) is 0 Å². The maximum Gasteiger partial charge on any atom is 0.226 e. The number of anilines is 1. The lowest BCUT2D eigenvalue weighted by molar-refractivity contribution is -0.116. The fourth-order valence-electron chi connectivity index (χ4n) is 2.71. The number of carbonyl (C=O) groups excluding carboxylic acids is 1. The number of aromatic nitrogens is 2. The first-order valence-electron chi connectivity index (χ1n) is 8.98. The van der Waals surface area contributed by atoms with Gasteiger partial charge in [0.25, 0.3) is 0 Å². The summed E-state index contributed by atoms with van der Waals surface area (Å²) in [6, 6.07) is 9.81. The molecule has 5 nitrogen and oxygen atoms in total. The van der Waals surface area contributed by atoms with E-state index < -0.39 is 0 Å². The zero-order valence-electron chi connectivity index (χ0n) is 15.1. The number of benzene rings is 1. The Labute approximate surface area is 157 Å². The Balaban J connectivity index is 1.55. The maximum absolute atomic E-state index is 12.2. The highest BCUT2D eigenvalue weighted by molar-refractivity contribution is 7.15. The van der Waals surface area contributed by atoms with Crippen LogP contribution in [0.5, 0.6) is 0 Å². The molecule has 26 heavy (non-hydrogen) atoms. The normalized spacial score (nSPS) is 10.8. The summed E-state index contributed by atoms with van der Waals surface area (Å²) in [5.74, 6) is 1.22. The third-order valence-corrected chi connectivity index (χ3v) is 5.17. The van der Waals surface area contributed by atoms with Gasteiger partial charge < -0.3 is 9.73 Å². The molecule has 3 rings (SSSR count). The van der Waals surface area contributed by atoms with E-state index in [1.807, 2.05) is 30.3 Å². The number of amides is 1.